The first kappa shape index (κ1) is 19.9. The summed E-state index contributed by atoms with van der Waals surface area (Å²) in [5, 5.41) is 0. The molecule has 0 aliphatic heterocycles. The van der Waals surface area contributed by atoms with Crippen molar-refractivity contribution in [1.29, 1.82) is 0 Å². The van der Waals surface area contributed by atoms with Gasteiger partial charge in [0.25, 0.3) is 0 Å². The van der Waals surface area contributed by atoms with Crippen LogP contribution in [0.15, 0.2) is 0 Å². The summed E-state index contributed by atoms with van der Waals surface area (Å²) in [6, 6.07) is 0. The third-order valence-electron chi connectivity index (χ3n) is 2.10. The summed E-state index contributed by atoms with van der Waals surface area (Å²) in [5.41, 5.74) is -0.369. The van der Waals surface area contributed by atoms with E-state index in [2.05, 4.69) is 0 Å². The first-order valence-electron chi connectivity index (χ1n) is 4.79. The molecule has 0 atom stereocenters. The fourth-order valence-corrected chi connectivity index (χ4v) is 0.677. The van der Waals surface area contributed by atoms with Crippen LogP contribution < -0.4 is 0 Å². The Balaban J connectivity index is -0.000000720. The summed E-state index contributed by atoms with van der Waals surface area (Å²) in [6.07, 6.45) is 0.792. The Labute approximate surface area is 95.2 Å². The van der Waals surface area contributed by atoms with Crippen LogP contribution in [-0.4, -0.2) is 25.8 Å². The predicted molar refractivity (Wildman–Crippen MR) is 65.0 cm³/mol. The van der Waals surface area contributed by atoms with Gasteiger partial charge >= 0.3 is 5.97 Å². The number of ether oxygens (including phenoxy) is 2. The van der Waals surface area contributed by atoms with Crippen LogP contribution in [-0.2, 0) is 14.3 Å². The second-order valence-electron chi connectivity index (χ2n) is 3.57. The van der Waals surface area contributed by atoms with Crippen LogP contribution in [0.3, 0.4) is 0 Å². The molecule has 0 aromatic carbocycles. The minimum absolute atomic E-state index is 0. The van der Waals surface area contributed by atoms with E-state index in [-0.39, 0.29) is 26.2 Å². The molecule has 0 rings (SSSR count). The zero-order valence-electron chi connectivity index (χ0n) is 9.05. The van der Waals surface area contributed by atoms with E-state index in [1.807, 2.05) is 27.7 Å². The molecule has 0 saturated heterocycles. The Bertz CT molecular complexity index is 153. The summed E-state index contributed by atoms with van der Waals surface area (Å²) >= 11 is 0. The lowest BCUT2D eigenvalue weighted by Gasteiger charge is -2.20. The third kappa shape index (κ3) is 8.43. The lowest BCUT2D eigenvalue weighted by Crippen LogP contribution is -2.26. The maximum absolute atomic E-state index is 11.4. The highest BCUT2D eigenvalue weighted by Gasteiger charge is 2.26. The van der Waals surface area contributed by atoms with Crippen molar-refractivity contribution in [3.8, 4) is 0 Å². The molecule has 0 aromatic heterocycles. The average molecular weight is 220 g/mol. The van der Waals surface area contributed by atoms with Crippen molar-refractivity contribution in [1.82, 2.24) is 0 Å². The highest BCUT2D eigenvalue weighted by atomic mass is 16.6. The number of esters is 1. The van der Waals surface area contributed by atoms with Crippen molar-refractivity contribution >= 4 is 5.97 Å². The highest BCUT2D eigenvalue weighted by molar-refractivity contribution is 5.75. The van der Waals surface area contributed by atoms with Gasteiger partial charge in [0.15, 0.2) is 0 Å². The maximum atomic E-state index is 11.4. The zero-order chi connectivity index (χ0) is 10.3. The molecule has 0 heterocycles. The molecule has 3 heteroatoms. The van der Waals surface area contributed by atoms with Crippen molar-refractivity contribution in [2.45, 2.75) is 49.0 Å². The lowest BCUT2D eigenvalue weighted by molar-refractivity contribution is -0.155. The van der Waals surface area contributed by atoms with Crippen LogP contribution in [0.1, 0.15) is 49.0 Å². The number of carbonyl (C=O) groups excluding carboxylic acids is 1. The fourth-order valence-electron chi connectivity index (χ4n) is 0.677. The first-order chi connectivity index (χ1) is 6.04. The fraction of sp³-hybridized carbons (Fsp3) is 0.917. The van der Waals surface area contributed by atoms with Crippen molar-refractivity contribution in [3.63, 3.8) is 0 Å². The molecule has 0 fully saturated rings. The molecule has 94 valence electrons. The lowest BCUT2D eigenvalue weighted by atomic mass is 9.91. The maximum Gasteiger partial charge on any atom is 0.311 e. The smallest absolute Gasteiger partial charge is 0.311 e. The van der Waals surface area contributed by atoms with Crippen molar-refractivity contribution in [2.24, 2.45) is 5.41 Å². The van der Waals surface area contributed by atoms with Crippen LogP contribution in [0, 0.1) is 5.41 Å². The van der Waals surface area contributed by atoms with Crippen molar-refractivity contribution in [3.05, 3.63) is 0 Å². The van der Waals surface area contributed by atoms with Crippen LogP contribution in [0.2, 0.25) is 0 Å². The van der Waals surface area contributed by atoms with Gasteiger partial charge in [-0.05, 0) is 27.2 Å². The van der Waals surface area contributed by atoms with Gasteiger partial charge in [0.1, 0.15) is 6.61 Å². The predicted octanol–water partition coefficient (Wildman–Crippen LogP) is 3.27. The molecular weight excluding hydrogens is 192 g/mol. The largest absolute Gasteiger partial charge is 0.463 e. The highest BCUT2D eigenvalue weighted by Crippen LogP contribution is 2.21. The monoisotopic (exact) mass is 220 g/mol. The Morgan fingerprint density at radius 1 is 1.13 bits per heavy atom. The molecule has 0 N–H and O–H groups in total. The molecule has 3 nitrogen and oxygen atoms in total. The quantitative estimate of drug-likeness (QED) is 0.509. The van der Waals surface area contributed by atoms with Crippen LogP contribution in [0.25, 0.3) is 0 Å². The van der Waals surface area contributed by atoms with E-state index < -0.39 is 0 Å². The molecule has 0 aromatic rings. The second-order valence-corrected chi connectivity index (χ2v) is 3.57. The molecular formula is C12H28O3. The van der Waals surface area contributed by atoms with Gasteiger partial charge in [-0.25, -0.2) is 0 Å². The van der Waals surface area contributed by atoms with E-state index in [1.165, 1.54) is 0 Å². The summed E-state index contributed by atoms with van der Waals surface area (Å²) in [4.78, 5) is 11.4. The molecule has 0 amide bonds. The normalized spacial score (nSPS) is 9.87. The molecule has 0 saturated carbocycles. The zero-order valence-corrected chi connectivity index (χ0v) is 9.05. The first-order valence-corrected chi connectivity index (χ1v) is 4.79. The average Bonchev–Trinajstić information content (AvgIpc) is 2.12. The molecule has 0 unspecified atom stereocenters. The van der Waals surface area contributed by atoms with E-state index in [9.17, 15) is 4.79 Å². The number of hydrogen-bond acceptors (Lipinski definition) is 3. The van der Waals surface area contributed by atoms with E-state index in [1.54, 1.807) is 0 Å². The van der Waals surface area contributed by atoms with Gasteiger partial charge in [-0.15, -0.1) is 0 Å². The Kier molecular flexibility index (Phi) is 13.2. The molecule has 0 aliphatic rings. The number of rotatable bonds is 6. The minimum atomic E-state index is -0.369. The van der Waals surface area contributed by atoms with Gasteiger partial charge in [0, 0.05) is 6.61 Å². The molecule has 0 aliphatic carbocycles. The summed E-state index contributed by atoms with van der Waals surface area (Å²) in [7, 11) is 0. The molecule has 0 spiro atoms. The van der Waals surface area contributed by atoms with E-state index >= 15 is 0 Å². The standard InChI is InChI=1S/C10H20O3.2CH4/c1-5-10(3,4)9(11)13-8-7-12-6-2;;/h5-8H2,1-4H3;2*1H4. The van der Waals surface area contributed by atoms with Crippen LogP contribution in [0.4, 0.5) is 0 Å². The molecule has 0 bridgehead atoms. The third-order valence-corrected chi connectivity index (χ3v) is 2.10. The van der Waals surface area contributed by atoms with Gasteiger partial charge < -0.3 is 9.47 Å². The van der Waals surface area contributed by atoms with E-state index in [0.29, 0.717) is 19.8 Å². The van der Waals surface area contributed by atoms with Crippen LogP contribution >= 0.6 is 0 Å². The van der Waals surface area contributed by atoms with Gasteiger partial charge in [0.2, 0.25) is 0 Å². The molecule has 15 heavy (non-hydrogen) atoms. The SMILES string of the molecule is C.C.CCOCCOC(=O)C(C)(C)CC. The summed E-state index contributed by atoms with van der Waals surface area (Å²) in [5.74, 6) is -0.144. The topological polar surface area (TPSA) is 35.5 Å². The van der Waals surface area contributed by atoms with E-state index in [0.717, 1.165) is 6.42 Å². The summed E-state index contributed by atoms with van der Waals surface area (Å²) in [6.45, 7) is 9.17. The van der Waals surface area contributed by atoms with Crippen molar-refractivity contribution < 1.29 is 14.3 Å². The Morgan fingerprint density at radius 2 is 1.67 bits per heavy atom. The van der Waals surface area contributed by atoms with Crippen molar-refractivity contribution in [2.75, 3.05) is 19.8 Å². The Hall–Kier alpha value is -0.570. The number of hydrogen-bond donors (Lipinski definition) is 0. The van der Waals surface area contributed by atoms with Gasteiger partial charge in [0.05, 0.1) is 12.0 Å². The number of carbonyl (C=O) groups is 1. The van der Waals surface area contributed by atoms with E-state index in [4.69, 9.17) is 9.47 Å². The second kappa shape index (κ2) is 9.97. The minimum Gasteiger partial charge on any atom is -0.463 e. The van der Waals surface area contributed by atoms with Gasteiger partial charge in [-0.3, -0.25) is 4.79 Å². The van der Waals surface area contributed by atoms with Crippen LogP contribution in [0.5, 0.6) is 0 Å². The summed E-state index contributed by atoms with van der Waals surface area (Å²) < 4.78 is 10.1. The van der Waals surface area contributed by atoms with Gasteiger partial charge in [-0.1, -0.05) is 21.8 Å². The molecule has 0 radical (unpaired) electrons. The van der Waals surface area contributed by atoms with Gasteiger partial charge in [-0.2, -0.15) is 0 Å². The Morgan fingerprint density at radius 3 is 2.07 bits per heavy atom.